The van der Waals surface area contributed by atoms with Gasteiger partial charge in [-0.15, -0.1) is 0 Å². The lowest BCUT2D eigenvalue weighted by atomic mass is 10.2. The van der Waals surface area contributed by atoms with Gasteiger partial charge in [-0.2, -0.15) is 0 Å². The van der Waals surface area contributed by atoms with Crippen LogP contribution in [0.4, 0.5) is 10.1 Å². The zero-order valence-electron chi connectivity index (χ0n) is 13.1. The minimum absolute atomic E-state index is 0.222. The molecule has 0 saturated carbocycles. The minimum Gasteiger partial charge on any atom is -0.503 e. The summed E-state index contributed by atoms with van der Waals surface area (Å²) in [6, 6.07) is 8.05. The van der Waals surface area contributed by atoms with Gasteiger partial charge in [0.2, 0.25) is 5.43 Å². The van der Waals surface area contributed by atoms with Crippen LogP contribution in [0.2, 0.25) is 0 Å². The largest absolute Gasteiger partial charge is 0.503 e. The highest BCUT2D eigenvalue weighted by Crippen LogP contribution is 2.17. The SMILES string of the molecule is Cn1cc(O)c(=O)cc1CN1CCN(c2ccc(F)cc2)CC1. The van der Waals surface area contributed by atoms with Crippen molar-refractivity contribution in [3.05, 3.63) is 58.3 Å². The summed E-state index contributed by atoms with van der Waals surface area (Å²) in [6.07, 6.45) is 1.45. The van der Waals surface area contributed by atoms with Crippen LogP contribution in [0, 0.1) is 5.82 Å². The van der Waals surface area contributed by atoms with Gasteiger partial charge >= 0.3 is 0 Å². The van der Waals surface area contributed by atoms with Gasteiger partial charge in [0.1, 0.15) is 5.82 Å². The maximum Gasteiger partial charge on any atom is 0.223 e. The minimum atomic E-state index is -0.344. The van der Waals surface area contributed by atoms with Crippen molar-refractivity contribution >= 4 is 5.69 Å². The van der Waals surface area contributed by atoms with Crippen LogP contribution in [0.15, 0.2) is 41.3 Å². The third kappa shape index (κ3) is 3.53. The van der Waals surface area contributed by atoms with Crippen LogP contribution in [0.25, 0.3) is 0 Å². The van der Waals surface area contributed by atoms with Crippen molar-refractivity contribution < 1.29 is 9.50 Å². The highest BCUT2D eigenvalue weighted by molar-refractivity contribution is 5.46. The molecule has 6 heteroatoms. The average molecular weight is 317 g/mol. The van der Waals surface area contributed by atoms with Crippen LogP contribution >= 0.6 is 0 Å². The number of hydrogen-bond acceptors (Lipinski definition) is 4. The molecule has 5 nitrogen and oxygen atoms in total. The lowest BCUT2D eigenvalue weighted by Gasteiger charge is -2.36. The van der Waals surface area contributed by atoms with E-state index < -0.39 is 0 Å². The Balaban J connectivity index is 1.62. The molecule has 1 N–H and O–H groups in total. The van der Waals surface area contributed by atoms with Crippen molar-refractivity contribution in [3.63, 3.8) is 0 Å². The van der Waals surface area contributed by atoms with E-state index >= 15 is 0 Å². The van der Waals surface area contributed by atoms with Gasteiger partial charge in [-0.1, -0.05) is 0 Å². The third-order valence-electron chi connectivity index (χ3n) is 4.27. The number of aryl methyl sites for hydroxylation is 1. The molecule has 2 aromatic rings. The predicted molar refractivity (Wildman–Crippen MR) is 87.2 cm³/mol. The predicted octanol–water partition coefficient (Wildman–Crippen LogP) is 1.55. The molecule has 0 radical (unpaired) electrons. The summed E-state index contributed by atoms with van der Waals surface area (Å²) in [5.41, 5.74) is 1.56. The summed E-state index contributed by atoms with van der Waals surface area (Å²) in [5, 5.41) is 9.43. The van der Waals surface area contributed by atoms with Crippen molar-refractivity contribution in [1.82, 2.24) is 9.47 Å². The molecule has 1 aliphatic rings. The number of halogens is 1. The molecule has 1 saturated heterocycles. The number of aromatic nitrogens is 1. The number of aromatic hydroxyl groups is 1. The van der Waals surface area contributed by atoms with Gasteiger partial charge in [-0.3, -0.25) is 9.69 Å². The first-order chi connectivity index (χ1) is 11.0. The number of nitrogens with zero attached hydrogens (tertiary/aromatic N) is 3. The number of anilines is 1. The summed E-state index contributed by atoms with van der Waals surface area (Å²) in [7, 11) is 1.82. The van der Waals surface area contributed by atoms with E-state index in [1.807, 2.05) is 7.05 Å². The number of pyridine rings is 1. The van der Waals surface area contributed by atoms with E-state index in [9.17, 15) is 14.3 Å². The first kappa shape index (κ1) is 15.6. The molecule has 122 valence electrons. The highest BCUT2D eigenvalue weighted by Gasteiger charge is 2.18. The lowest BCUT2D eigenvalue weighted by molar-refractivity contribution is 0.244. The molecule has 1 fully saturated rings. The Labute approximate surface area is 134 Å². The summed E-state index contributed by atoms with van der Waals surface area (Å²) in [4.78, 5) is 16.1. The van der Waals surface area contributed by atoms with E-state index in [-0.39, 0.29) is 17.0 Å². The smallest absolute Gasteiger partial charge is 0.223 e. The summed E-state index contributed by atoms with van der Waals surface area (Å²) in [5.74, 6) is -0.446. The van der Waals surface area contributed by atoms with Crippen molar-refractivity contribution in [3.8, 4) is 5.75 Å². The maximum atomic E-state index is 13.0. The molecule has 3 rings (SSSR count). The topological polar surface area (TPSA) is 48.7 Å². The van der Waals surface area contributed by atoms with Gasteiger partial charge in [-0.25, -0.2) is 4.39 Å². The third-order valence-corrected chi connectivity index (χ3v) is 4.27. The Bertz CT molecular complexity index is 734. The lowest BCUT2D eigenvalue weighted by Crippen LogP contribution is -2.46. The average Bonchev–Trinajstić information content (AvgIpc) is 2.54. The Hall–Kier alpha value is -2.34. The molecule has 2 heterocycles. The van der Waals surface area contributed by atoms with Gasteiger partial charge < -0.3 is 14.6 Å². The molecule has 1 aromatic heterocycles. The molecule has 0 amide bonds. The first-order valence-electron chi connectivity index (χ1n) is 7.64. The molecule has 1 aromatic carbocycles. The molecule has 0 atom stereocenters. The number of hydrogen-bond donors (Lipinski definition) is 1. The van der Waals surface area contributed by atoms with E-state index in [2.05, 4.69) is 9.80 Å². The van der Waals surface area contributed by atoms with Crippen molar-refractivity contribution in [1.29, 1.82) is 0 Å². The van der Waals surface area contributed by atoms with Gasteiger partial charge in [-0.05, 0) is 24.3 Å². The number of rotatable bonds is 3. The van der Waals surface area contributed by atoms with Crippen molar-refractivity contribution in [2.24, 2.45) is 7.05 Å². The van der Waals surface area contributed by atoms with E-state index in [4.69, 9.17) is 0 Å². The Kier molecular flexibility index (Phi) is 4.34. The number of benzene rings is 1. The van der Waals surface area contributed by atoms with E-state index in [0.29, 0.717) is 6.54 Å². The van der Waals surface area contributed by atoms with Crippen LogP contribution in [0.5, 0.6) is 5.75 Å². The Morgan fingerprint density at radius 1 is 1.13 bits per heavy atom. The highest BCUT2D eigenvalue weighted by atomic mass is 19.1. The monoisotopic (exact) mass is 317 g/mol. The molecule has 0 unspecified atom stereocenters. The maximum absolute atomic E-state index is 13.0. The van der Waals surface area contributed by atoms with Crippen LogP contribution in [0.3, 0.4) is 0 Å². The second-order valence-corrected chi connectivity index (χ2v) is 5.86. The molecular weight excluding hydrogens is 297 g/mol. The molecule has 1 aliphatic heterocycles. The fourth-order valence-corrected chi connectivity index (χ4v) is 2.86. The van der Waals surface area contributed by atoms with E-state index in [1.165, 1.54) is 24.4 Å². The van der Waals surface area contributed by atoms with Gasteiger partial charge in [0.25, 0.3) is 0 Å². The fourth-order valence-electron chi connectivity index (χ4n) is 2.86. The number of piperazine rings is 1. The second-order valence-electron chi connectivity index (χ2n) is 5.86. The normalized spacial score (nSPS) is 15.8. The zero-order valence-corrected chi connectivity index (χ0v) is 13.1. The summed E-state index contributed by atoms with van der Waals surface area (Å²) < 4.78 is 14.8. The van der Waals surface area contributed by atoms with Crippen molar-refractivity contribution in [2.75, 3.05) is 31.1 Å². The Morgan fingerprint density at radius 3 is 2.43 bits per heavy atom. The second kappa shape index (κ2) is 6.42. The molecule has 0 aliphatic carbocycles. The molecule has 0 spiro atoms. The Morgan fingerprint density at radius 2 is 1.78 bits per heavy atom. The van der Waals surface area contributed by atoms with Crippen LogP contribution in [-0.4, -0.2) is 40.8 Å². The molecule has 0 bridgehead atoms. The summed E-state index contributed by atoms with van der Waals surface area (Å²) >= 11 is 0. The van der Waals surface area contributed by atoms with Gasteiger partial charge in [0.05, 0.1) is 0 Å². The van der Waals surface area contributed by atoms with Gasteiger partial charge in [0.15, 0.2) is 5.75 Å². The molecular formula is C17H20FN3O2. The van der Waals surface area contributed by atoms with Crippen molar-refractivity contribution in [2.45, 2.75) is 6.54 Å². The quantitative estimate of drug-likeness (QED) is 0.933. The first-order valence-corrected chi connectivity index (χ1v) is 7.64. The van der Waals surface area contributed by atoms with Crippen LogP contribution in [0.1, 0.15) is 5.69 Å². The summed E-state index contributed by atoms with van der Waals surface area (Å²) in [6.45, 7) is 4.12. The zero-order chi connectivity index (χ0) is 16.4. The standard InChI is InChI=1S/C17H20FN3O2/c1-19-12-17(23)16(22)10-15(19)11-20-6-8-21(9-7-20)14-4-2-13(18)3-5-14/h2-5,10,12,23H,6-9,11H2,1H3. The van der Waals surface area contributed by atoms with Crippen LogP contribution < -0.4 is 10.3 Å². The van der Waals surface area contributed by atoms with Gasteiger partial charge in [0, 0.05) is 63.4 Å². The fraction of sp³-hybridized carbons (Fsp3) is 0.353. The van der Waals surface area contributed by atoms with E-state index in [1.54, 1.807) is 16.7 Å². The molecule has 23 heavy (non-hydrogen) atoms. The van der Waals surface area contributed by atoms with Crippen LogP contribution in [-0.2, 0) is 13.6 Å². The van der Waals surface area contributed by atoms with E-state index in [0.717, 1.165) is 37.6 Å².